The third-order valence-corrected chi connectivity index (χ3v) is 6.77. The summed E-state index contributed by atoms with van der Waals surface area (Å²) < 4.78 is 7.77. The van der Waals surface area contributed by atoms with Crippen molar-refractivity contribution in [1.82, 2.24) is 25.4 Å². The Bertz CT molecular complexity index is 927. The normalized spacial score (nSPS) is 26.1. The number of aromatic nitrogens is 3. The van der Waals surface area contributed by atoms with Gasteiger partial charge < -0.3 is 25.0 Å². The summed E-state index contributed by atoms with van der Waals surface area (Å²) in [6.07, 6.45) is 4.70. The van der Waals surface area contributed by atoms with Gasteiger partial charge in [-0.15, -0.1) is 10.2 Å². The maximum Gasteiger partial charge on any atom is 0.192 e. The number of hydrogen-bond acceptors (Lipinski definition) is 5. The number of aliphatic imine (C=N–C) groups is 1. The molecule has 4 rings (SSSR count). The van der Waals surface area contributed by atoms with Crippen LogP contribution in [-0.4, -0.2) is 45.1 Å². The molecule has 0 radical (unpaired) electrons. The minimum absolute atomic E-state index is 0.113. The second kappa shape index (κ2) is 9.26. The van der Waals surface area contributed by atoms with E-state index in [2.05, 4.69) is 33.8 Å². The zero-order chi connectivity index (χ0) is 21.8. The van der Waals surface area contributed by atoms with E-state index in [4.69, 9.17) is 9.73 Å². The van der Waals surface area contributed by atoms with Crippen LogP contribution in [0.4, 0.5) is 0 Å². The minimum atomic E-state index is -0.291. The van der Waals surface area contributed by atoms with Gasteiger partial charge in [-0.1, -0.05) is 38.0 Å². The number of ether oxygens (including phenoxy) is 1. The van der Waals surface area contributed by atoms with E-state index in [-0.39, 0.29) is 17.6 Å². The van der Waals surface area contributed by atoms with Crippen LogP contribution in [0.1, 0.15) is 62.3 Å². The molecule has 0 bridgehead atoms. The standard InChI is InChI=1S/C23H34N6O2/c1-16-27-28-21(29(16)3)14-24-22(25-15-23(2)12-7-6-10-20(23)30)26-18-11-13-31-19-9-5-4-8-17(18)19/h4-5,8-9,18,20,30H,6-7,10-15H2,1-3H3,(H2,24,25,26). The lowest BCUT2D eigenvalue weighted by Gasteiger charge is -2.39. The molecule has 3 atom stereocenters. The number of aryl methyl sites for hydroxylation is 1. The maximum atomic E-state index is 10.6. The molecule has 168 valence electrons. The van der Waals surface area contributed by atoms with Gasteiger partial charge in [0.25, 0.3) is 0 Å². The molecule has 0 spiro atoms. The topological polar surface area (TPSA) is 96.6 Å². The smallest absolute Gasteiger partial charge is 0.192 e. The maximum absolute atomic E-state index is 10.6. The molecule has 0 saturated heterocycles. The zero-order valence-electron chi connectivity index (χ0n) is 18.8. The first-order chi connectivity index (χ1) is 15.0. The summed E-state index contributed by atoms with van der Waals surface area (Å²) in [4.78, 5) is 4.82. The second-order valence-electron chi connectivity index (χ2n) is 9.03. The largest absolute Gasteiger partial charge is 0.493 e. The van der Waals surface area contributed by atoms with Gasteiger partial charge in [-0.2, -0.15) is 0 Å². The summed E-state index contributed by atoms with van der Waals surface area (Å²) in [5, 5.41) is 26.1. The van der Waals surface area contributed by atoms with Crippen molar-refractivity contribution in [3.05, 3.63) is 41.5 Å². The molecule has 2 heterocycles. The quantitative estimate of drug-likeness (QED) is 0.502. The summed E-state index contributed by atoms with van der Waals surface area (Å²) in [5.41, 5.74) is 0.983. The van der Waals surface area contributed by atoms with Gasteiger partial charge in [0.1, 0.15) is 18.1 Å². The molecule has 1 aliphatic carbocycles. The Balaban J connectivity index is 1.52. The summed E-state index contributed by atoms with van der Waals surface area (Å²) in [6.45, 7) is 5.86. The van der Waals surface area contributed by atoms with Crippen molar-refractivity contribution < 1.29 is 9.84 Å². The van der Waals surface area contributed by atoms with Crippen molar-refractivity contribution in [3.63, 3.8) is 0 Å². The highest BCUT2D eigenvalue weighted by molar-refractivity contribution is 5.80. The molecule has 3 unspecified atom stereocenters. The first kappa shape index (κ1) is 21.6. The Labute approximate surface area is 184 Å². The van der Waals surface area contributed by atoms with Crippen LogP contribution >= 0.6 is 0 Å². The highest BCUT2D eigenvalue weighted by Gasteiger charge is 2.35. The SMILES string of the molecule is Cc1nnc(CN=C(NCC2(C)CCCCC2O)NC2CCOc3ccccc32)n1C. The Morgan fingerprint density at radius 2 is 2.13 bits per heavy atom. The fourth-order valence-corrected chi connectivity index (χ4v) is 4.42. The van der Waals surface area contributed by atoms with Crippen molar-refractivity contribution in [1.29, 1.82) is 0 Å². The molecular weight excluding hydrogens is 392 g/mol. The van der Waals surface area contributed by atoms with Crippen LogP contribution in [0.25, 0.3) is 0 Å². The van der Waals surface area contributed by atoms with Crippen molar-refractivity contribution in [2.24, 2.45) is 17.5 Å². The Kier molecular flexibility index (Phi) is 6.46. The molecule has 1 aromatic carbocycles. The number of aliphatic hydroxyl groups is 1. The van der Waals surface area contributed by atoms with Crippen LogP contribution in [-0.2, 0) is 13.6 Å². The number of para-hydroxylation sites is 1. The van der Waals surface area contributed by atoms with Crippen molar-refractivity contribution in [3.8, 4) is 5.75 Å². The van der Waals surface area contributed by atoms with E-state index < -0.39 is 0 Å². The van der Waals surface area contributed by atoms with E-state index >= 15 is 0 Å². The van der Waals surface area contributed by atoms with E-state index in [1.165, 1.54) is 0 Å². The summed E-state index contributed by atoms with van der Waals surface area (Å²) in [7, 11) is 1.95. The average molecular weight is 427 g/mol. The molecule has 1 saturated carbocycles. The van der Waals surface area contributed by atoms with Gasteiger partial charge in [-0.25, -0.2) is 4.99 Å². The van der Waals surface area contributed by atoms with Crippen LogP contribution in [0.3, 0.4) is 0 Å². The number of fused-ring (bicyclic) bond motifs is 1. The molecule has 3 N–H and O–H groups in total. The van der Waals surface area contributed by atoms with Gasteiger partial charge in [0.05, 0.1) is 18.8 Å². The van der Waals surface area contributed by atoms with Gasteiger partial charge in [0.2, 0.25) is 0 Å². The van der Waals surface area contributed by atoms with Gasteiger partial charge in [0, 0.05) is 31.0 Å². The van der Waals surface area contributed by atoms with Crippen LogP contribution in [0.15, 0.2) is 29.3 Å². The predicted molar refractivity (Wildman–Crippen MR) is 120 cm³/mol. The van der Waals surface area contributed by atoms with E-state index in [0.717, 1.165) is 61.0 Å². The molecular formula is C23H34N6O2. The number of benzene rings is 1. The summed E-state index contributed by atoms with van der Waals surface area (Å²) >= 11 is 0. The predicted octanol–water partition coefficient (Wildman–Crippen LogP) is 2.62. The molecule has 1 aromatic heterocycles. The highest BCUT2D eigenvalue weighted by Crippen LogP contribution is 2.35. The number of guanidine groups is 1. The van der Waals surface area contributed by atoms with Crippen molar-refractivity contribution in [2.45, 2.75) is 64.6 Å². The molecule has 2 aliphatic rings. The fourth-order valence-electron chi connectivity index (χ4n) is 4.42. The van der Waals surface area contributed by atoms with E-state index in [0.29, 0.717) is 19.7 Å². The monoisotopic (exact) mass is 426 g/mol. The number of nitrogens with one attached hydrogen (secondary N) is 2. The van der Waals surface area contributed by atoms with Crippen LogP contribution in [0.5, 0.6) is 5.75 Å². The van der Waals surface area contributed by atoms with Crippen LogP contribution in [0.2, 0.25) is 0 Å². The van der Waals surface area contributed by atoms with Gasteiger partial charge in [-0.05, 0) is 25.8 Å². The first-order valence-electron chi connectivity index (χ1n) is 11.3. The van der Waals surface area contributed by atoms with Gasteiger partial charge in [-0.3, -0.25) is 0 Å². The molecule has 0 amide bonds. The third-order valence-electron chi connectivity index (χ3n) is 6.77. The fraction of sp³-hybridized carbons (Fsp3) is 0.609. The average Bonchev–Trinajstić information content (AvgIpc) is 3.10. The lowest BCUT2D eigenvalue weighted by atomic mass is 9.73. The van der Waals surface area contributed by atoms with Gasteiger partial charge in [0.15, 0.2) is 11.8 Å². The third kappa shape index (κ3) is 4.84. The number of aliphatic hydroxyl groups excluding tert-OH is 1. The lowest BCUT2D eigenvalue weighted by Crippen LogP contribution is -2.49. The molecule has 8 nitrogen and oxygen atoms in total. The molecule has 1 aliphatic heterocycles. The Morgan fingerprint density at radius 3 is 2.90 bits per heavy atom. The highest BCUT2D eigenvalue weighted by atomic mass is 16.5. The number of rotatable bonds is 5. The molecule has 8 heteroatoms. The summed E-state index contributed by atoms with van der Waals surface area (Å²) in [6, 6.07) is 8.25. The van der Waals surface area contributed by atoms with E-state index in [1.54, 1.807) is 0 Å². The number of nitrogens with zero attached hydrogens (tertiary/aromatic N) is 4. The minimum Gasteiger partial charge on any atom is -0.493 e. The van der Waals surface area contributed by atoms with Crippen LogP contribution < -0.4 is 15.4 Å². The van der Waals surface area contributed by atoms with E-state index in [1.807, 2.05) is 36.7 Å². The van der Waals surface area contributed by atoms with Crippen molar-refractivity contribution >= 4 is 5.96 Å². The molecule has 31 heavy (non-hydrogen) atoms. The molecule has 2 aromatic rings. The van der Waals surface area contributed by atoms with Crippen LogP contribution in [0, 0.1) is 12.3 Å². The van der Waals surface area contributed by atoms with E-state index in [9.17, 15) is 5.11 Å². The Hall–Kier alpha value is -2.61. The summed E-state index contributed by atoms with van der Waals surface area (Å²) in [5.74, 6) is 3.32. The zero-order valence-corrected chi connectivity index (χ0v) is 18.8. The lowest BCUT2D eigenvalue weighted by molar-refractivity contribution is 0.00393. The van der Waals surface area contributed by atoms with Crippen molar-refractivity contribution in [2.75, 3.05) is 13.2 Å². The molecule has 1 fully saturated rings. The van der Waals surface area contributed by atoms with Gasteiger partial charge >= 0.3 is 0 Å². The number of hydrogen-bond donors (Lipinski definition) is 3. The second-order valence-corrected chi connectivity index (χ2v) is 9.03. The Morgan fingerprint density at radius 1 is 1.29 bits per heavy atom. The first-order valence-corrected chi connectivity index (χ1v) is 11.3.